The molecule has 4 heteroatoms. The number of hydrogen-bond acceptors (Lipinski definition) is 2. The number of halogens is 1. The summed E-state index contributed by atoms with van der Waals surface area (Å²) in [7, 11) is 0. The highest BCUT2D eigenvalue weighted by Gasteiger charge is 2.42. The van der Waals surface area contributed by atoms with Crippen LogP contribution in [0.2, 0.25) is 0 Å². The Morgan fingerprint density at radius 2 is 2.05 bits per heavy atom. The molecule has 1 aromatic carbocycles. The molecule has 2 aliphatic heterocycles. The first kappa shape index (κ1) is 13.4. The van der Waals surface area contributed by atoms with Gasteiger partial charge in [0.1, 0.15) is 5.82 Å². The van der Waals surface area contributed by atoms with Crippen LogP contribution in [0.1, 0.15) is 32.3 Å². The second-order valence-electron chi connectivity index (χ2n) is 6.30. The number of rotatable bonds is 1. The normalized spacial score (nSPS) is 20.1. The number of nitrogens with one attached hydrogen (secondary N) is 1. The van der Waals surface area contributed by atoms with Crippen molar-refractivity contribution in [2.45, 2.75) is 32.1 Å². The molecule has 0 aliphatic carbocycles. The molecule has 1 fully saturated rings. The molecule has 0 saturated carbocycles. The Hall–Kier alpha value is -1.58. The Balaban J connectivity index is 1.79. The highest BCUT2D eigenvalue weighted by Crippen LogP contribution is 2.44. The lowest BCUT2D eigenvalue weighted by atomic mass is 9.74. The minimum Gasteiger partial charge on any atom is -0.384 e. The minimum atomic E-state index is -0.174. The lowest BCUT2D eigenvalue weighted by molar-refractivity contribution is -0.136. The third-order valence-electron chi connectivity index (χ3n) is 4.70. The molecule has 1 N–H and O–H groups in total. The van der Waals surface area contributed by atoms with Gasteiger partial charge in [-0.25, -0.2) is 4.39 Å². The fraction of sp³-hybridized carbons (Fsp3) is 0.562. The number of likely N-dealkylation sites (tertiary alicyclic amines) is 1. The predicted molar refractivity (Wildman–Crippen MR) is 77.2 cm³/mol. The first-order valence-electron chi connectivity index (χ1n) is 7.34. The number of amides is 1. The standard InChI is InChI=1S/C16H21FN2O/c1-11(2)15(20)19-7-5-16(6-8-19)10-18-14-4-3-12(17)9-13(14)16/h3-4,9,11,18H,5-8,10H2,1-2H3. The van der Waals surface area contributed by atoms with Crippen LogP contribution in [0.15, 0.2) is 18.2 Å². The number of hydrogen-bond donors (Lipinski definition) is 1. The zero-order chi connectivity index (χ0) is 14.3. The average Bonchev–Trinajstić information content (AvgIpc) is 2.77. The number of carbonyl (C=O) groups excluding carboxylic acids is 1. The van der Waals surface area contributed by atoms with Gasteiger partial charge in [-0.15, -0.1) is 0 Å². The zero-order valence-electron chi connectivity index (χ0n) is 12.1. The molecule has 0 unspecified atom stereocenters. The predicted octanol–water partition coefficient (Wildman–Crippen LogP) is 2.77. The van der Waals surface area contributed by atoms with E-state index in [9.17, 15) is 9.18 Å². The average molecular weight is 276 g/mol. The van der Waals surface area contributed by atoms with Crippen LogP contribution >= 0.6 is 0 Å². The van der Waals surface area contributed by atoms with Gasteiger partial charge in [-0.05, 0) is 36.6 Å². The van der Waals surface area contributed by atoms with E-state index in [2.05, 4.69) is 5.32 Å². The summed E-state index contributed by atoms with van der Waals surface area (Å²) in [6.45, 7) is 6.28. The maximum absolute atomic E-state index is 13.5. The van der Waals surface area contributed by atoms with E-state index in [1.54, 1.807) is 6.07 Å². The van der Waals surface area contributed by atoms with Gasteiger partial charge in [0, 0.05) is 36.7 Å². The highest BCUT2D eigenvalue weighted by atomic mass is 19.1. The van der Waals surface area contributed by atoms with Crippen LogP contribution in [0.4, 0.5) is 10.1 Å². The number of anilines is 1. The zero-order valence-corrected chi connectivity index (χ0v) is 12.1. The molecule has 0 radical (unpaired) electrons. The summed E-state index contributed by atoms with van der Waals surface area (Å²) in [6.07, 6.45) is 1.82. The van der Waals surface area contributed by atoms with Crippen molar-refractivity contribution in [3.05, 3.63) is 29.6 Å². The Labute approximate surface area is 119 Å². The lowest BCUT2D eigenvalue weighted by Crippen LogP contribution is -2.47. The number of carbonyl (C=O) groups is 1. The molecule has 1 amide bonds. The SMILES string of the molecule is CC(C)C(=O)N1CCC2(CC1)CNc1ccc(F)cc12. The Morgan fingerprint density at radius 3 is 2.70 bits per heavy atom. The maximum Gasteiger partial charge on any atom is 0.225 e. The van der Waals surface area contributed by atoms with Crippen LogP contribution in [0.25, 0.3) is 0 Å². The topological polar surface area (TPSA) is 32.3 Å². The molecule has 3 rings (SSSR count). The molecular weight excluding hydrogens is 255 g/mol. The Kier molecular flexibility index (Phi) is 3.19. The van der Waals surface area contributed by atoms with Crippen LogP contribution in [0, 0.1) is 11.7 Å². The van der Waals surface area contributed by atoms with Crippen molar-refractivity contribution in [1.82, 2.24) is 4.90 Å². The molecule has 1 spiro atoms. The van der Waals surface area contributed by atoms with E-state index in [1.807, 2.05) is 24.8 Å². The second kappa shape index (κ2) is 4.76. The fourth-order valence-electron chi connectivity index (χ4n) is 3.44. The van der Waals surface area contributed by atoms with Gasteiger partial charge in [0.15, 0.2) is 0 Å². The van der Waals surface area contributed by atoms with Crippen molar-refractivity contribution in [2.75, 3.05) is 25.0 Å². The molecule has 1 aromatic rings. The smallest absolute Gasteiger partial charge is 0.225 e. The van der Waals surface area contributed by atoms with Crippen molar-refractivity contribution in [3.8, 4) is 0 Å². The first-order valence-corrected chi connectivity index (χ1v) is 7.34. The first-order chi connectivity index (χ1) is 9.52. The van der Waals surface area contributed by atoms with Gasteiger partial charge >= 0.3 is 0 Å². The lowest BCUT2D eigenvalue weighted by Gasteiger charge is -2.40. The Bertz CT molecular complexity index is 533. The van der Waals surface area contributed by atoms with Crippen LogP contribution < -0.4 is 5.32 Å². The summed E-state index contributed by atoms with van der Waals surface area (Å²) in [5.41, 5.74) is 2.15. The summed E-state index contributed by atoms with van der Waals surface area (Å²) >= 11 is 0. The van der Waals surface area contributed by atoms with Gasteiger partial charge < -0.3 is 10.2 Å². The maximum atomic E-state index is 13.5. The Morgan fingerprint density at radius 1 is 1.35 bits per heavy atom. The summed E-state index contributed by atoms with van der Waals surface area (Å²) in [5, 5.41) is 3.38. The molecule has 108 valence electrons. The largest absolute Gasteiger partial charge is 0.384 e. The van der Waals surface area contributed by atoms with Gasteiger partial charge in [0.25, 0.3) is 0 Å². The van der Waals surface area contributed by atoms with E-state index < -0.39 is 0 Å². The van der Waals surface area contributed by atoms with E-state index in [1.165, 1.54) is 6.07 Å². The van der Waals surface area contributed by atoms with Crippen molar-refractivity contribution in [3.63, 3.8) is 0 Å². The van der Waals surface area contributed by atoms with Crippen molar-refractivity contribution >= 4 is 11.6 Å². The molecule has 20 heavy (non-hydrogen) atoms. The van der Waals surface area contributed by atoms with Gasteiger partial charge in [-0.1, -0.05) is 13.8 Å². The van der Waals surface area contributed by atoms with Crippen LogP contribution in [-0.2, 0) is 10.2 Å². The molecular formula is C16H21FN2O. The van der Waals surface area contributed by atoms with Crippen molar-refractivity contribution in [2.24, 2.45) is 5.92 Å². The van der Waals surface area contributed by atoms with Crippen molar-refractivity contribution < 1.29 is 9.18 Å². The van der Waals surface area contributed by atoms with Crippen LogP contribution in [-0.4, -0.2) is 30.4 Å². The van der Waals surface area contributed by atoms with E-state index in [-0.39, 0.29) is 23.1 Å². The van der Waals surface area contributed by atoms with Crippen molar-refractivity contribution in [1.29, 1.82) is 0 Å². The summed E-state index contributed by atoms with van der Waals surface area (Å²) in [6, 6.07) is 4.99. The molecule has 2 aliphatic rings. The van der Waals surface area contributed by atoms with Crippen LogP contribution in [0.3, 0.4) is 0 Å². The van der Waals surface area contributed by atoms with Crippen LogP contribution in [0.5, 0.6) is 0 Å². The molecule has 2 heterocycles. The van der Waals surface area contributed by atoms with Gasteiger partial charge in [-0.2, -0.15) is 0 Å². The summed E-state index contributed by atoms with van der Waals surface area (Å²) < 4.78 is 13.5. The molecule has 3 nitrogen and oxygen atoms in total. The van der Waals surface area contributed by atoms with E-state index in [4.69, 9.17) is 0 Å². The molecule has 1 saturated heterocycles. The quantitative estimate of drug-likeness (QED) is 0.855. The number of benzene rings is 1. The van der Waals surface area contributed by atoms with E-state index >= 15 is 0 Å². The third kappa shape index (κ3) is 2.07. The monoisotopic (exact) mass is 276 g/mol. The summed E-state index contributed by atoms with van der Waals surface area (Å²) in [5.74, 6) is 0.105. The molecule has 0 aromatic heterocycles. The highest BCUT2D eigenvalue weighted by molar-refractivity contribution is 5.78. The van der Waals surface area contributed by atoms with Gasteiger partial charge in [0.05, 0.1) is 0 Å². The number of nitrogens with zero attached hydrogens (tertiary/aromatic N) is 1. The number of fused-ring (bicyclic) bond motifs is 2. The fourth-order valence-corrected chi connectivity index (χ4v) is 3.44. The van der Waals surface area contributed by atoms with E-state index in [0.29, 0.717) is 0 Å². The van der Waals surface area contributed by atoms with Gasteiger partial charge in [-0.3, -0.25) is 4.79 Å². The van der Waals surface area contributed by atoms with E-state index in [0.717, 1.165) is 43.7 Å². The third-order valence-corrected chi connectivity index (χ3v) is 4.70. The second-order valence-corrected chi connectivity index (χ2v) is 6.30. The van der Waals surface area contributed by atoms with Gasteiger partial charge in [0.2, 0.25) is 5.91 Å². The summed E-state index contributed by atoms with van der Waals surface area (Å²) in [4.78, 5) is 14.0. The molecule has 0 bridgehead atoms. The molecule has 0 atom stereocenters. The minimum absolute atomic E-state index is 0.00515. The number of piperidine rings is 1.